The SMILES string of the molecule is CC(Cc1ccc2c(c1)OCO2)C(=O)N(c1ccccn1)C1CCCCC1. The third-order valence-corrected chi connectivity index (χ3v) is 5.47. The maximum atomic E-state index is 13.4. The van der Waals surface area contributed by atoms with Crippen molar-refractivity contribution in [2.45, 2.75) is 51.5 Å². The molecule has 5 nitrogen and oxygen atoms in total. The lowest BCUT2D eigenvalue weighted by Crippen LogP contribution is -2.45. The second-order valence-corrected chi connectivity index (χ2v) is 7.48. The smallest absolute Gasteiger partial charge is 0.231 e. The van der Waals surface area contributed by atoms with Crippen LogP contribution in [0.15, 0.2) is 42.6 Å². The molecule has 1 atom stereocenters. The number of anilines is 1. The van der Waals surface area contributed by atoms with Gasteiger partial charge in [0.15, 0.2) is 11.5 Å². The first kappa shape index (κ1) is 17.8. The van der Waals surface area contributed by atoms with Crippen LogP contribution in [-0.4, -0.2) is 23.7 Å². The van der Waals surface area contributed by atoms with Gasteiger partial charge in [-0.15, -0.1) is 0 Å². The van der Waals surface area contributed by atoms with Gasteiger partial charge in [-0.2, -0.15) is 0 Å². The van der Waals surface area contributed by atoms with Gasteiger partial charge < -0.3 is 9.47 Å². The predicted octanol–water partition coefficient (Wildman–Crippen LogP) is 4.35. The largest absolute Gasteiger partial charge is 0.454 e. The van der Waals surface area contributed by atoms with Crippen molar-refractivity contribution >= 4 is 11.7 Å². The average molecular weight is 366 g/mol. The second-order valence-electron chi connectivity index (χ2n) is 7.48. The van der Waals surface area contributed by atoms with Gasteiger partial charge in [-0.05, 0) is 49.1 Å². The molecule has 1 aromatic heterocycles. The van der Waals surface area contributed by atoms with Crippen LogP contribution >= 0.6 is 0 Å². The monoisotopic (exact) mass is 366 g/mol. The van der Waals surface area contributed by atoms with Crippen LogP contribution in [0.1, 0.15) is 44.6 Å². The Morgan fingerprint density at radius 3 is 2.74 bits per heavy atom. The highest BCUT2D eigenvalue weighted by Crippen LogP contribution is 2.34. The van der Waals surface area contributed by atoms with Crippen LogP contribution in [0.2, 0.25) is 0 Å². The first-order valence-corrected chi connectivity index (χ1v) is 9.85. The summed E-state index contributed by atoms with van der Waals surface area (Å²) in [5.41, 5.74) is 1.09. The molecule has 1 unspecified atom stereocenters. The highest BCUT2D eigenvalue weighted by atomic mass is 16.7. The number of hydrogen-bond acceptors (Lipinski definition) is 4. The summed E-state index contributed by atoms with van der Waals surface area (Å²) in [6.45, 7) is 2.27. The van der Waals surface area contributed by atoms with Gasteiger partial charge in [0.05, 0.1) is 0 Å². The van der Waals surface area contributed by atoms with Gasteiger partial charge in [0, 0.05) is 18.2 Å². The van der Waals surface area contributed by atoms with E-state index in [1.54, 1.807) is 6.20 Å². The maximum Gasteiger partial charge on any atom is 0.231 e. The first-order valence-electron chi connectivity index (χ1n) is 9.85. The van der Waals surface area contributed by atoms with Crippen LogP contribution in [0.5, 0.6) is 11.5 Å². The molecule has 1 aliphatic carbocycles. The molecule has 0 radical (unpaired) electrons. The molecule has 142 valence electrons. The van der Waals surface area contributed by atoms with E-state index in [0.29, 0.717) is 6.42 Å². The highest BCUT2D eigenvalue weighted by Gasteiger charge is 2.30. The van der Waals surface area contributed by atoms with E-state index >= 15 is 0 Å². The van der Waals surface area contributed by atoms with Gasteiger partial charge in [-0.1, -0.05) is 38.3 Å². The Labute approximate surface area is 160 Å². The topological polar surface area (TPSA) is 51.7 Å². The molecule has 1 amide bonds. The Morgan fingerprint density at radius 2 is 1.96 bits per heavy atom. The Bertz CT molecular complexity index is 787. The number of ether oxygens (including phenoxy) is 2. The molecular weight excluding hydrogens is 340 g/mol. The first-order chi connectivity index (χ1) is 13.2. The van der Waals surface area contributed by atoms with Crippen LogP contribution < -0.4 is 14.4 Å². The van der Waals surface area contributed by atoms with E-state index in [2.05, 4.69) is 4.98 Å². The van der Waals surface area contributed by atoms with E-state index in [9.17, 15) is 4.79 Å². The fourth-order valence-electron chi connectivity index (χ4n) is 4.06. The van der Waals surface area contributed by atoms with Gasteiger partial charge in [0.2, 0.25) is 12.7 Å². The zero-order valence-electron chi connectivity index (χ0n) is 15.8. The van der Waals surface area contributed by atoms with Gasteiger partial charge in [0.1, 0.15) is 5.82 Å². The summed E-state index contributed by atoms with van der Waals surface area (Å²) in [6, 6.07) is 12.0. The van der Waals surface area contributed by atoms with Crippen molar-refractivity contribution in [2.75, 3.05) is 11.7 Å². The van der Waals surface area contributed by atoms with Crippen molar-refractivity contribution in [2.24, 2.45) is 5.92 Å². The average Bonchev–Trinajstić information content (AvgIpc) is 3.17. The molecule has 0 saturated heterocycles. The van der Waals surface area contributed by atoms with E-state index in [1.807, 2.05) is 48.2 Å². The fourth-order valence-corrected chi connectivity index (χ4v) is 4.06. The third-order valence-electron chi connectivity index (χ3n) is 5.47. The van der Waals surface area contributed by atoms with E-state index in [0.717, 1.165) is 35.7 Å². The third kappa shape index (κ3) is 3.92. The second kappa shape index (κ2) is 7.99. The Balaban J connectivity index is 1.53. The molecule has 2 aromatic rings. The molecule has 1 saturated carbocycles. The summed E-state index contributed by atoms with van der Waals surface area (Å²) in [4.78, 5) is 19.8. The molecule has 2 heterocycles. The van der Waals surface area contributed by atoms with E-state index < -0.39 is 0 Å². The number of aromatic nitrogens is 1. The standard InChI is InChI=1S/C22H26N2O3/c1-16(13-17-10-11-19-20(14-17)27-15-26-19)22(25)24(18-7-3-2-4-8-18)21-9-5-6-12-23-21/h5-6,9-12,14,16,18H,2-4,7-8,13,15H2,1H3. The number of pyridine rings is 1. The zero-order valence-corrected chi connectivity index (χ0v) is 15.8. The molecule has 0 bridgehead atoms. The molecule has 1 aliphatic heterocycles. The van der Waals surface area contributed by atoms with Crippen molar-refractivity contribution in [3.8, 4) is 11.5 Å². The van der Waals surface area contributed by atoms with Gasteiger partial charge in [-0.3, -0.25) is 9.69 Å². The molecule has 27 heavy (non-hydrogen) atoms. The molecule has 0 N–H and O–H groups in total. The summed E-state index contributed by atoms with van der Waals surface area (Å²) < 4.78 is 10.8. The number of nitrogens with zero attached hydrogens (tertiary/aromatic N) is 2. The van der Waals surface area contributed by atoms with Crippen LogP contribution in [0.25, 0.3) is 0 Å². The van der Waals surface area contributed by atoms with Crippen LogP contribution in [-0.2, 0) is 11.2 Å². The van der Waals surface area contributed by atoms with Crippen LogP contribution in [0, 0.1) is 5.92 Å². The number of rotatable bonds is 5. The van der Waals surface area contributed by atoms with Crippen molar-refractivity contribution in [3.05, 3.63) is 48.2 Å². The summed E-state index contributed by atoms with van der Waals surface area (Å²) in [6.07, 6.45) is 8.16. The molecule has 4 rings (SSSR count). The minimum absolute atomic E-state index is 0.130. The van der Waals surface area contributed by atoms with Crippen molar-refractivity contribution < 1.29 is 14.3 Å². The van der Waals surface area contributed by atoms with Gasteiger partial charge in [0.25, 0.3) is 0 Å². The lowest BCUT2D eigenvalue weighted by molar-refractivity contribution is -0.122. The molecule has 5 heteroatoms. The Hall–Kier alpha value is -2.56. The van der Waals surface area contributed by atoms with E-state index in [-0.39, 0.29) is 24.7 Å². The molecular formula is C22H26N2O3. The molecule has 2 aliphatic rings. The zero-order chi connectivity index (χ0) is 18.6. The number of amides is 1. The quantitative estimate of drug-likeness (QED) is 0.789. The van der Waals surface area contributed by atoms with Crippen LogP contribution in [0.4, 0.5) is 5.82 Å². The highest BCUT2D eigenvalue weighted by molar-refractivity contribution is 5.94. The molecule has 1 aromatic carbocycles. The molecule has 0 spiro atoms. The molecule has 1 fully saturated rings. The van der Waals surface area contributed by atoms with E-state index in [1.165, 1.54) is 19.3 Å². The minimum atomic E-state index is -0.130. The normalized spacial score (nSPS) is 17.5. The fraction of sp³-hybridized carbons (Fsp3) is 0.455. The summed E-state index contributed by atoms with van der Waals surface area (Å²) >= 11 is 0. The Morgan fingerprint density at radius 1 is 1.15 bits per heavy atom. The number of hydrogen-bond donors (Lipinski definition) is 0. The van der Waals surface area contributed by atoms with Gasteiger partial charge >= 0.3 is 0 Å². The van der Waals surface area contributed by atoms with Crippen LogP contribution in [0.3, 0.4) is 0 Å². The lowest BCUT2D eigenvalue weighted by Gasteiger charge is -2.35. The number of benzene rings is 1. The number of fused-ring (bicyclic) bond motifs is 1. The summed E-state index contributed by atoms with van der Waals surface area (Å²) in [5, 5.41) is 0. The van der Waals surface area contributed by atoms with Gasteiger partial charge in [-0.25, -0.2) is 4.98 Å². The summed E-state index contributed by atoms with van der Waals surface area (Å²) in [5.74, 6) is 2.33. The number of carbonyl (C=O) groups is 1. The van der Waals surface area contributed by atoms with Crippen molar-refractivity contribution in [1.29, 1.82) is 0 Å². The minimum Gasteiger partial charge on any atom is -0.454 e. The summed E-state index contributed by atoms with van der Waals surface area (Å²) in [7, 11) is 0. The van der Waals surface area contributed by atoms with Crippen molar-refractivity contribution in [3.63, 3.8) is 0 Å². The predicted molar refractivity (Wildman–Crippen MR) is 104 cm³/mol. The lowest BCUT2D eigenvalue weighted by atomic mass is 9.92. The maximum absolute atomic E-state index is 13.4. The van der Waals surface area contributed by atoms with Crippen molar-refractivity contribution in [1.82, 2.24) is 4.98 Å². The number of carbonyl (C=O) groups excluding carboxylic acids is 1. The van der Waals surface area contributed by atoms with E-state index in [4.69, 9.17) is 9.47 Å². The Kier molecular flexibility index (Phi) is 5.28.